The number of carbonyl (C=O) groups excluding carboxylic acids is 2. The van der Waals surface area contributed by atoms with Crippen molar-refractivity contribution in [3.8, 4) is 0 Å². The van der Waals surface area contributed by atoms with Gasteiger partial charge in [0.1, 0.15) is 6.26 Å². The van der Waals surface area contributed by atoms with E-state index in [4.69, 9.17) is 9.15 Å². The first-order valence-electron chi connectivity index (χ1n) is 6.06. The van der Waals surface area contributed by atoms with E-state index in [1.807, 2.05) is 0 Å². The number of rotatable bonds is 3. The minimum absolute atomic E-state index is 0.197. The predicted molar refractivity (Wildman–Crippen MR) is 61.8 cm³/mol. The van der Waals surface area contributed by atoms with E-state index in [0.717, 1.165) is 12.8 Å². The lowest BCUT2D eigenvalue weighted by molar-refractivity contribution is -0.149. The number of nitrogens with zero attached hydrogens (tertiary/aromatic N) is 2. The van der Waals surface area contributed by atoms with Crippen LogP contribution < -0.4 is 0 Å². The molecule has 1 aromatic heterocycles. The van der Waals surface area contributed by atoms with Crippen LogP contribution in [0.4, 0.5) is 0 Å². The van der Waals surface area contributed by atoms with Crippen LogP contribution in [-0.4, -0.2) is 41.5 Å². The maximum absolute atomic E-state index is 12.0. The molecule has 0 spiro atoms. The maximum Gasteiger partial charge on any atom is 0.310 e. The monoisotopic (exact) mass is 252 g/mol. The van der Waals surface area contributed by atoms with Gasteiger partial charge in [-0.15, -0.1) is 0 Å². The van der Waals surface area contributed by atoms with Gasteiger partial charge in [0, 0.05) is 13.1 Å². The number of aromatic nitrogens is 1. The molecule has 0 radical (unpaired) electrons. The van der Waals surface area contributed by atoms with Crippen LogP contribution in [0.15, 0.2) is 17.1 Å². The van der Waals surface area contributed by atoms with Gasteiger partial charge in [-0.1, -0.05) is 0 Å². The van der Waals surface area contributed by atoms with Gasteiger partial charge in [-0.25, -0.2) is 4.98 Å². The third-order valence-electron chi connectivity index (χ3n) is 2.98. The van der Waals surface area contributed by atoms with Crippen molar-refractivity contribution >= 4 is 11.9 Å². The largest absolute Gasteiger partial charge is 0.466 e. The van der Waals surface area contributed by atoms with Crippen LogP contribution in [0.25, 0.3) is 0 Å². The zero-order valence-corrected chi connectivity index (χ0v) is 10.3. The second kappa shape index (κ2) is 5.66. The molecule has 6 nitrogen and oxygen atoms in total. The van der Waals surface area contributed by atoms with Gasteiger partial charge in [0.05, 0.1) is 12.5 Å². The second-order valence-electron chi connectivity index (χ2n) is 4.22. The minimum atomic E-state index is -0.227. The van der Waals surface area contributed by atoms with Gasteiger partial charge in [0.25, 0.3) is 5.91 Å². The Balaban J connectivity index is 1.98. The molecule has 1 unspecified atom stereocenters. The zero-order chi connectivity index (χ0) is 13.0. The summed E-state index contributed by atoms with van der Waals surface area (Å²) in [5.74, 6) is -0.651. The summed E-state index contributed by atoms with van der Waals surface area (Å²) in [5, 5.41) is 0. The highest BCUT2D eigenvalue weighted by Crippen LogP contribution is 2.19. The Hall–Kier alpha value is -1.85. The van der Waals surface area contributed by atoms with Crippen molar-refractivity contribution < 1.29 is 18.7 Å². The van der Waals surface area contributed by atoms with E-state index in [0.29, 0.717) is 19.7 Å². The van der Waals surface area contributed by atoms with E-state index in [9.17, 15) is 9.59 Å². The lowest BCUT2D eigenvalue weighted by Crippen LogP contribution is -2.42. The standard InChI is InChI=1S/C12H16N2O4/c1-2-18-12(16)9-4-3-5-14(6-9)11(15)10-7-17-8-13-10/h7-9H,2-6H2,1H3. The summed E-state index contributed by atoms with van der Waals surface area (Å²) in [6, 6.07) is 0. The molecule has 2 rings (SSSR count). The molecule has 2 heterocycles. The number of hydrogen-bond acceptors (Lipinski definition) is 5. The van der Waals surface area contributed by atoms with Crippen LogP contribution in [0.3, 0.4) is 0 Å². The molecule has 0 aromatic carbocycles. The lowest BCUT2D eigenvalue weighted by Gasteiger charge is -2.30. The van der Waals surface area contributed by atoms with Gasteiger partial charge in [0.15, 0.2) is 12.1 Å². The van der Waals surface area contributed by atoms with Gasteiger partial charge >= 0.3 is 5.97 Å². The third kappa shape index (κ3) is 2.69. The lowest BCUT2D eigenvalue weighted by atomic mass is 9.98. The van der Waals surface area contributed by atoms with Gasteiger partial charge in [-0.2, -0.15) is 0 Å². The van der Waals surface area contributed by atoms with E-state index >= 15 is 0 Å². The summed E-state index contributed by atoms with van der Waals surface area (Å²) in [6.07, 6.45) is 4.10. The molecule has 1 atom stereocenters. The fourth-order valence-electron chi connectivity index (χ4n) is 2.09. The molecular weight excluding hydrogens is 236 g/mol. The summed E-state index contributed by atoms with van der Waals surface area (Å²) in [4.78, 5) is 29.1. The topological polar surface area (TPSA) is 72.6 Å². The summed E-state index contributed by atoms with van der Waals surface area (Å²) in [6.45, 7) is 3.18. The highest BCUT2D eigenvalue weighted by atomic mass is 16.5. The predicted octanol–water partition coefficient (Wildman–Crippen LogP) is 1.09. The van der Waals surface area contributed by atoms with Crippen LogP contribution in [-0.2, 0) is 9.53 Å². The summed E-state index contributed by atoms with van der Waals surface area (Å²) in [5.41, 5.74) is 0.277. The minimum Gasteiger partial charge on any atom is -0.466 e. The van der Waals surface area contributed by atoms with Crippen LogP contribution in [0.2, 0.25) is 0 Å². The van der Waals surface area contributed by atoms with Crippen LogP contribution in [0, 0.1) is 5.92 Å². The number of oxazole rings is 1. The molecule has 0 aliphatic carbocycles. The van der Waals surface area contributed by atoms with Crippen LogP contribution >= 0.6 is 0 Å². The summed E-state index contributed by atoms with van der Waals surface area (Å²) < 4.78 is 9.78. The van der Waals surface area contributed by atoms with Crippen molar-refractivity contribution in [3.05, 3.63) is 18.4 Å². The maximum atomic E-state index is 12.0. The smallest absolute Gasteiger partial charge is 0.310 e. The molecule has 18 heavy (non-hydrogen) atoms. The fraction of sp³-hybridized carbons (Fsp3) is 0.583. The highest BCUT2D eigenvalue weighted by molar-refractivity contribution is 5.92. The first-order chi connectivity index (χ1) is 8.72. The zero-order valence-electron chi connectivity index (χ0n) is 10.3. The Morgan fingerprint density at radius 3 is 3.11 bits per heavy atom. The molecule has 1 aliphatic heterocycles. The van der Waals surface area contributed by atoms with Crippen molar-refractivity contribution in [1.29, 1.82) is 0 Å². The van der Waals surface area contributed by atoms with Crippen molar-refractivity contribution in [3.63, 3.8) is 0 Å². The number of likely N-dealkylation sites (tertiary alicyclic amines) is 1. The number of carbonyl (C=O) groups is 2. The molecule has 1 fully saturated rings. The van der Waals surface area contributed by atoms with Gasteiger partial charge < -0.3 is 14.1 Å². The Morgan fingerprint density at radius 2 is 2.44 bits per heavy atom. The number of amides is 1. The average molecular weight is 252 g/mol. The molecule has 98 valence electrons. The molecule has 1 saturated heterocycles. The summed E-state index contributed by atoms with van der Waals surface area (Å²) >= 11 is 0. The van der Waals surface area contributed by atoms with E-state index in [2.05, 4.69) is 4.98 Å². The molecule has 1 amide bonds. The SMILES string of the molecule is CCOC(=O)C1CCCN(C(=O)c2cocn2)C1. The third-order valence-corrected chi connectivity index (χ3v) is 2.98. The van der Waals surface area contributed by atoms with E-state index < -0.39 is 0 Å². The molecule has 0 N–H and O–H groups in total. The number of hydrogen-bond donors (Lipinski definition) is 0. The molecule has 1 aliphatic rings. The Morgan fingerprint density at radius 1 is 1.61 bits per heavy atom. The first-order valence-corrected chi connectivity index (χ1v) is 6.06. The van der Waals surface area contributed by atoms with Gasteiger partial charge in [-0.3, -0.25) is 9.59 Å². The van der Waals surface area contributed by atoms with Crippen LogP contribution in [0.5, 0.6) is 0 Å². The first kappa shape index (κ1) is 12.6. The number of piperidine rings is 1. The van der Waals surface area contributed by atoms with E-state index in [1.54, 1.807) is 11.8 Å². The van der Waals surface area contributed by atoms with Gasteiger partial charge in [-0.05, 0) is 19.8 Å². The van der Waals surface area contributed by atoms with Crippen LogP contribution in [0.1, 0.15) is 30.3 Å². The second-order valence-corrected chi connectivity index (χ2v) is 4.22. The fourth-order valence-corrected chi connectivity index (χ4v) is 2.09. The molecule has 1 aromatic rings. The molecule has 0 saturated carbocycles. The average Bonchev–Trinajstić information content (AvgIpc) is 2.92. The number of esters is 1. The normalized spacial score (nSPS) is 19.6. The van der Waals surface area contributed by atoms with E-state index in [-0.39, 0.29) is 23.5 Å². The molecule has 0 bridgehead atoms. The summed E-state index contributed by atoms with van der Waals surface area (Å²) in [7, 11) is 0. The Bertz CT molecular complexity index is 416. The highest BCUT2D eigenvalue weighted by Gasteiger charge is 2.30. The van der Waals surface area contributed by atoms with Crippen molar-refractivity contribution in [2.75, 3.05) is 19.7 Å². The molecular formula is C12H16N2O4. The van der Waals surface area contributed by atoms with Crippen molar-refractivity contribution in [1.82, 2.24) is 9.88 Å². The Kier molecular flexibility index (Phi) is 3.96. The number of ether oxygens (including phenoxy) is 1. The van der Waals surface area contributed by atoms with E-state index in [1.165, 1.54) is 12.7 Å². The van der Waals surface area contributed by atoms with Crippen molar-refractivity contribution in [2.24, 2.45) is 5.92 Å². The van der Waals surface area contributed by atoms with Gasteiger partial charge in [0.2, 0.25) is 0 Å². The van der Waals surface area contributed by atoms with Crippen molar-refractivity contribution in [2.45, 2.75) is 19.8 Å². The quantitative estimate of drug-likeness (QED) is 0.753. The molecule has 6 heteroatoms. The Labute approximate surface area is 105 Å².